The Morgan fingerprint density at radius 3 is 1.67 bits per heavy atom. The van der Waals surface area contributed by atoms with Crippen molar-refractivity contribution in [1.82, 2.24) is 0 Å². The maximum Gasteiger partial charge on any atom is 0.330 e. The van der Waals surface area contributed by atoms with E-state index in [2.05, 4.69) is 19.7 Å². The molecule has 0 aliphatic carbocycles. The van der Waals surface area contributed by atoms with Crippen LogP contribution >= 0.6 is 0 Å². The van der Waals surface area contributed by atoms with Crippen molar-refractivity contribution in [2.75, 3.05) is 19.8 Å². The number of ether oxygens (including phenoxy) is 3. The first-order valence-corrected chi connectivity index (χ1v) is 5.97. The topological polar surface area (TPSA) is 99.1 Å². The van der Waals surface area contributed by atoms with Crippen molar-refractivity contribution in [3.8, 4) is 0 Å². The summed E-state index contributed by atoms with van der Waals surface area (Å²) >= 11 is 0. The molecule has 0 aliphatic heterocycles. The van der Waals surface area contributed by atoms with Gasteiger partial charge in [0.05, 0.1) is 0 Å². The van der Waals surface area contributed by atoms with E-state index in [0.717, 1.165) is 18.2 Å². The predicted molar refractivity (Wildman–Crippen MR) is 73.0 cm³/mol. The van der Waals surface area contributed by atoms with Crippen molar-refractivity contribution in [1.29, 1.82) is 0 Å². The van der Waals surface area contributed by atoms with E-state index in [-0.39, 0.29) is 13.0 Å². The second-order valence-electron chi connectivity index (χ2n) is 3.91. The Balaban J connectivity index is 5.09. The molecule has 116 valence electrons. The first-order chi connectivity index (χ1) is 9.92. The Kier molecular flexibility index (Phi) is 8.40. The van der Waals surface area contributed by atoms with E-state index in [1.165, 1.54) is 0 Å². The highest BCUT2D eigenvalue weighted by molar-refractivity contribution is 5.83. The van der Waals surface area contributed by atoms with Crippen LogP contribution in [0.15, 0.2) is 38.0 Å². The van der Waals surface area contributed by atoms with E-state index in [0.29, 0.717) is 0 Å². The molecule has 0 aliphatic rings. The van der Waals surface area contributed by atoms with Crippen LogP contribution < -0.4 is 0 Å². The van der Waals surface area contributed by atoms with Gasteiger partial charge in [-0.1, -0.05) is 19.7 Å². The molecule has 0 saturated heterocycles. The Morgan fingerprint density at radius 2 is 1.33 bits per heavy atom. The van der Waals surface area contributed by atoms with Crippen LogP contribution in [0.5, 0.6) is 0 Å². The quantitative estimate of drug-likeness (QED) is 0.351. The van der Waals surface area contributed by atoms with Crippen LogP contribution in [0.4, 0.5) is 0 Å². The molecule has 21 heavy (non-hydrogen) atoms. The third kappa shape index (κ3) is 7.07. The molecule has 0 atom stereocenters. The monoisotopic (exact) mass is 298 g/mol. The third-order valence-corrected chi connectivity index (χ3v) is 2.34. The number of esters is 3. The zero-order valence-electron chi connectivity index (χ0n) is 11.6. The number of aliphatic hydroxyl groups excluding tert-OH is 1. The van der Waals surface area contributed by atoms with Crippen LogP contribution in [0.1, 0.15) is 6.42 Å². The van der Waals surface area contributed by atoms with E-state index >= 15 is 0 Å². The van der Waals surface area contributed by atoms with Gasteiger partial charge in [-0.25, -0.2) is 14.4 Å². The van der Waals surface area contributed by atoms with Gasteiger partial charge < -0.3 is 19.3 Å². The third-order valence-electron chi connectivity index (χ3n) is 2.34. The molecule has 0 amide bonds. The Morgan fingerprint density at radius 1 is 0.905 bits per heavy atom. The summed E-state index contributed by atoms with van der Waals surface area (Å²) in [5.74, 6) is -2.31. The van der Waals surface area contributed by atoms with Crippen LogP contribution in [0, 0.1) is 0 Å². The lowest BCUT2D eigenvalue weighted by molar-refractivity contribution is -0.180. The molecule has 0 heterocycles. The van der Waals surface area contributed by atoms with Crippen LogP contribution in [0.3, 0.4) is 0 Å². The highest BCUT2D eigenvalue weighted by atomic mass is 16.6. The lowest BCUT2D eigenvalue weighted by Gasteiger charge is -2.31. The average molecular weight is 298 g/mol. The fraction of sp³-hybridized carbons (Fsp3) is 0.357. The molecule has 0 radical (unpaired) electrons. The molecule has 7 nitrogen and oxygen atoms in total. The van der Waals surface area contributed by atoms with Gasteiger partial charge in [0.15, 0.2) is 5.60 Å². The van der Waals surface area contributed by atoms with Crippen molar-refractivity contribution in [3.63, 3.8) is 0 Å². The van der Waals surface area contributed by atoms with Gasteiger partial charge in [-0.3, -0.25) is 0 Å². The summed E-state index contributed by atoms with van der Waals surface area (Å²) in [6.07, 6.45) is 2.64. The Hall–Kier alpha value is -2.41. The normalized spacial score (nSPS) is 10.1. The molecule has 0 aromatic heterocycles. The fourth-order valence-electron chi connectivity index (χ4n) is 1.28. The highest BCUT2D eigenvalue weighted by Crippen LogP contribution is 2.19. The van der Waals surface area contributed by atoms with Gasteiger partial charge in [0, 0.05) is 31.3 Å². The van der Waals surface area contributed by atoms with Gasteiger partial charge in [0.25, 0.3) is 0 Å². The number of hydrogen-bond acceptors (Lipinski definition) is 7. The van der Waals surface area contributed by atoms with Gasteiger partial charge in [0.2, 0.25) is 0 Å². The van der Waals surface area contributed by atoms with Crippen molar-refractivity contribution >= 4 is 17.9 Å². The molecular formula is C14H18O7. The van der Waals surface area contributed by atoms with E-state index in [4.69, 9.17) is 19.3 Å². The standard InChI is InChI=1S/C14H18O7/c1-4-11(16)19-9-14(7-8-15,21-13(18)6-3)10-20-12(17)5-2/h4-6,15H,1-3,7-10H2. The molecule has 0 aromatic carbocycles. The zero-order valence-corrected chi connectivity index (χ0v) is 11.6. The number of carbonyl (C=O) groups excluding carboxylic acids is 3. The number of hydrogen-bond donors (Lipinski definition) is 1. The van der Waals surface area contributed by atoms with E-state index in [9.17, 15) is 14.4 Å². The van der Waals surface area contributed by atoms with Gasteiger partial charge in [-0.05, 0) is 0 Å². The maximum atomic E-state index is 11.4. The van der Waals surface area contributed by atoms with Crippen molar-refractivity contribution in [2.24, 2.45) is 0 Å². The van der Waals surface area contributed by atoms with Crippen molar-refractivity contribution in [3.05, 3.63) is 38.0 Å². The molecular weight excluding hydrogens is 280 g/mol. The van der Waals surface area contributed by atoms with E-state index in [1.807, 2.05) is 0 Å². The second-order valence-corrected chi connectivity index (χ2v) is 3.91. The number of carbonyl (C=O) groups is 3. The maximum absolute atomic E-state index is 11.4. The predicted octanol–water partition coefficient (Wildman–Crippen LogP) is 0.295. The summed E-state index contributed by atoms with van der Waals surface area (Å²) in [5, 5.41) is 9.09. The summed E-state index contributed by atoms with van der Waals surface area (Å²) in [6.45, 7) is 8.48. The average Bonchev–Trinajstić information content (AvgIpc) is 2.50. The largest absolute Gasteiger partial charge is 0.458 e. The molecule has 0 bridgehead atoms. The van der Waals surface area contributed by atoms with Crippen LogP contribution in [-0.2, 0) is 28.6 Å². The van der Waals surface area contributed by atoms with Crippen molar-refractivity contribution < 1.29 is 33.7 Å². The summed E-state index contributed by atoms with van der Waals surface area (Å²) < 4.78 is 14.7. The van der Waals surface area contributed by atoms with Crippen molar-refractivity contribution in [2.45, 2.75) is 12.0 Å². The summed E-state index contributed by atoms with van der Waals surface area (Å²) in [6, 6.07) is 0. The second kappa shape index (κ2) is 9.49. The molecule has 0 saturated carbocycles. The van der Waals surface area contributed by atoms with Gasteiger partial charge in [-0.2, -0.15) is 0 Å². The minimum atomic E-state index is -1.52. The highest BCUT2D eigenvalue weighted by Gasteiger charge is 2.37. The Labute approximate surface area is 122 Å². The zero-order chi connectivity index (χ0) is 16.3. The van der Waals surface area contributed by atoms with Crippen LogP contribution in [0.25, 0.3) is 0 Å². The van der Waals surface area contributed by atoms with Gasteiger partial charge >= 0.3 is 17.9 Å². The number of aliphatic hydroxyl groups is 1. The lowest BCUT2D eigenvalue weighted by atomic mass is 10.0. The fourth-order valence-corrected chi connectivity index (χ4v) is 1.28. The minimum Gasteiger partial charge on any atom is -0.458 e. The van der Waals surface area contributed by atoms with Gasteiger partial charge in [-0.15, -0.1) is 0 Å². The minimum absolute atomic E-state index is 0.110. The summed E-state index contributed by atoms with van der Waals surface area (Å²) in [7, 11) is 0. The molecule has 0 aromatic rings. The summed E-state index contributed by atoms with van der Waals surface area (Å²) in [4.78, 5) is 33.6. The first kappa shape index (κ1) is 18.6. The molecule has 1 N–H and O–H groups in total. The Bertz CT molecular complexity index is 401. The molecule has 7 heteroatoms. The SMILES string of the molecule is C=CC(=O)OCC(CCO)(COC(=O)C=C)OC(=O)C=C. The van der Waals surface area contributed by atoms with E-state index < -0.39 is 36.7 Å². The lowest BCUT2D eigenvalue weighted by Crippen LogP contribution is -2.46. The summed E-state index contributed by atoms with van der Waals surface area (Å²) in [5.41, 5.74) is -1.52. The van der Waals surface area contributed by atoms with Gasteiger partial charge in [0.1, 0.15) is 13.2 Å². The van der Waals surface area contributed by atoms with Crippen LogP contribution in [0.2, 0.25) is 0 Å². The molecule has 0 unspecified atom stereocenters. The van der Waals surface area contributed by atoms with E-state index in [1.54, 1.807) is 0 Å². The molecule has 0 fully saturated rings. The molecule has 0 spiro atoms. The first-order valence-electron chi connectivity index (χ1n) is 5.97. The number of rotatable bonds is 10. The van der Waals surface area contributed by atoms with Crippen LogP contribution in [-0.4, -0.2) is 48.4 Å². The molecule has 0 rings (SSSR count). The smallest absolute Gasteiger partial charge is 0.330 e.